The van der Waals surface area contributed by atoms with Crippen molar-refractivity contribution in [3.63, 3.8) is 0 Å². The van der Waals surface area contributed by atoms with E-state index in [0.29, 0.717) is 17.9 Å². The molecule has 2 aromatic rings. The average molecular weight is 397 g/mol. The van der Waals surface area contributed by atoms with Crippen molar-refractivity contribution in [1.29, 1.82) is 0 Å². The minimum Gasteiger partial charge on any atom is -0.395 e. The molecule has 3 heteroatoms. The zero-order chi connectivity index (χ0) is 21.1. The third-order valence-electron chi connectivity index (χ3n) is 5.34. The summed E-state index contributed by atoms with van der Waals surface area (Å²) < 4.78 is 0. The Labute approximate surface area is 178 Å². The van der Waals surface area contributed by atoms with Crippen LogP contribution in [-0.2, 0) is 13.1 Å². The number of aliphatic hydroxyl groups excluding tert-OH is 1. The Balaban J connectivity index is 2.17. The van der Waals surface area contributed by atoms with Crippen molar-refractivity contribution in [2.45, 2.75) is 65.7 Å². The molecule has 160 valence electrons. The van der Waals surface area contributed by atoms with E-state index in [4.69, 9.17) is 0 Å². The summed E-state index contributed by atoms with van der Waals surface area (Å²) in [5.41, 5.74) is 2.69. The van der Waals surface area contributed by atoms with E-state index in [9.17, 15) is 5.11 Å². The van der Waals surface area contributed by atoms with Gasteiger partial charge >= 0.3 is 0 Å². The molecule has 29 heavy (non-hydrogen) atoms. The third-order valence-corrected chi connectivity index (χ3v) is 5.34. The predicted octanol–water partition coefficient (Wildman–Crippen LogP) is 5.10. The Morgan fingerprint density at radius 1 is 0.759 bits per heavy atom. The molecule has 0 aromatic heterocycles. The van der Waals surface area contributed by atoms with Crippen LogP contribution in [0.4, 0.5) is 0 Å². The van der Waals surface area contributed by atoms with Crippen LogP contribution in [0.2, 0.25) is 0 Å². The molecule has 0 aliphatic heterocycles. The zero-order valence-corrected chi connectivity index (χ0v) is 18.7. The second-order valence-corrected chi connectivity index (χ2v) is 9.08. The monoisotopic (exact) mass is 396 g/mol. The Kier molecular flexibility index (Phi) is 10.4. The smallest absolute Gasteiger partial charge is 0.0584 e. The first-order valence-corrected chi connectivity index (χ1v) is 11.1. The van der Waals surface area contributed by atoms with Gasteiger partial charge in [-0.15, -0.1) is 0 Å². The standard InChI is InChI=1S/C26H40N2O/c1-21(2)15-25(20-29)27-17-26(16-22(3)4)28(18-23-11-7-5-8-12-23)19-24-13-9-6-10-14-24/h5-14,21-22,25-27,29H,15-20H2,1-4H3/t25?,26-/m0/s1. The maximum absolute atomic E-state index is 9.80. The van der Waals surface area contributed by atoms with Crippen LogP contribution < -0.4 is 5.32 Å². The largest absolute Gasteiger partial charge is 0.395 e. The molecule has 0 saturated carbocycles. The zero-order valence-electron chi connectivity index (χ0n) is 18.7. The van der Waals surface area contributed by atoms with E-state index in [1.807, 2.05) is 0 Å². The van der Waals surface area contributed by atoms with Crippen LogP contribution in [0, 0.1) is 11.8 Å². The molecule has 0 radical (unpaired) electrons. The molecule has 0 fully saturated rings. The number of nitrogens with one attached hydrogen (secondary N) is 1. The van der Waals surface area contributed by atoms with Crippen molar-refractivity contribution in [3.05, 3.63) is 71.8 Å². The van der Waals surface area contributed by atoms with Gasteiger partial charge in [0, 0.05) is 31.7 Å². The first-order chi connectivity index (χ1) is 14.0. The van der Waals surface area contributed by atoms with Crippen LogP contribution in [-0.4, -0.2) is 35.2 Å². The topological polar surface area (TPSA) is 35.5 Å². The summed E-state index contributed by atoms with van der Waals surface area (Å²) in [6.07, 6.45) is 2.13. The lowest BCUT2D eigenvalue weighted by Gasteiger charge is -2.34. The molecule has 2 aromatic carbocycles. The van der Waals surface area contributed by atoms with E-state index >= 15 is 0 Å². The number of rotatable bonds is 13. The van der Waals surface area contributed by atoms with Crippen LogP contribution in [0.5, 0.6) is 0 Å². The van der Waals surface area contributed by atoms with Gasteiger partial charge in [0.15, 0.2) is 0 Å². The Hall–Kier alpha value is -1.68. The molecule has 3 nitrogen and oxygen atoms in total. The number of nitrogens with zero attached hydrogens (tertiary/aromatic N) is 1. The number of hydrogen-bond acceptors (Lipinski definition) is 3. The van der Waals surface area contributed by atoms with Crippen LogP contribution in [0.3, 0.4) is 0 Å². The molecule has 0 amide bonds. The fourth-order valence-electron chi connectivity index (χ4n) is 3.95. The fourth-order valence-corrected chi connectivity index (χ4v) is 3.95. The van der Waals surface area contributed by atoms with Gasteiger partial charge in [-0.05, 0) is 35.8 Å². The normalized spacial score (nSPS) is 13.9. The molecule has 0 aliphatic rings. The molecule has 0 spiro atoms. The van der Waals surface area contributed by atoms with Gasteiger partial charge in [0.05, 0.1) is 6.61 Å². The van der Waals surface area contributed by atoms with Gasteiger partial charge in [0.2, 0.25) is 0 Å². The van der Waals surface area contributed by atoms with Crippen molar-refractivity contribution in [3.8, 4) is 0 Å². The molecular weight excluding hydrogens is 356 g/mol. The first-order valence-electron chi connectivity index (χ1n) is 11.1. The third kappa shape index (κ3) is 9.12. The quantitative estimate of drug-likeness (QED) is 0.494. The molecule has 0 heterocycles. The number of hydrogen-bond donors (Lipinski definition) is 2. The van der Waals surface area contributed by atoms with Crippen molar-refractivity contribution in [2.75, 3.05) is 13.2 Å². The lowest BCUT2D eigenvalue weighted by molar-refractivity contribution is 0.140. The Bertz CT molecular complexity index is 615. The highest BCUT2D eigenvalue weighted by Crippen LogP contribution is 2.19. The van der Waals surface area contributed by atoms with Gasteiger partial charge in [0.1, 0.15) is 0 Å². The summed E-state index contributed by atoms with van der Waals surface area (Å²) in [5, 5.41) is 13.5. The van der Waals surface area contributed by atoms with Crippen LogP contribution in [0.15, 0.2) is 60.7 Å². The van der Waals surface area contributed by atoms with E-state index in [0.717, 1.165) is 32.5 Å². The molecule has 2 rings (SSSR count). The molecule has 2 N–H and O–H groups in total. The van der Waals surface area contributed by atoms with Crippen molar-refractivity contribution < 1.29 is 5.11 Å². The summed E-state index contributed by atoms with van der Waals surface area (Å²) in [7, 11) is 0. The van der Waals surface area contributed by atoms with E-state index in [1.165, 1.54) is 11.1 Å². The molecule has 0 saturated heterocycles. The van der Waals surface area contributed by atoms with Gasteiger partial charge in [-0.1, -0.05) is 88.4 Å². The second kappa shape index (κ2) is 12.8. The number of benzene rings is 2. The van der Waals surface area contributed by atoms with Gasteiger partial charge < -0.3 is 10.4 Å². The Morgan fingerprint density at radius 2 is 1.24 bits per heavy atom. The summed E-state index contributed by atoms with van der Waals surface area (Å²) in [4.78, 5) is 2.60. The number of aliphatic hydroxyl groups is 1. The summed E-state index contributed by atoms with van der Waals surface area (Å²) in [5.74, 6) is 1.20. The maximum Gasteiger partial charge on any atom is 0.0584 e. The van der Waals surface area contributed by atoms with Gasteiger partial charge in [-0.3, -0.25) is 4.90 Å². The van der Waals surface area contributed by atoms with Crippen molar-refractivity contribution in [1.82, 2.24) is 10.2 Å². The molecular formula is C26H40N2O. The minimum atomic E-state index is 0.167. The van der Waals surface area contributed by atoms with E-state index in [2.05, 4.69) is 98.6 Å². The molecule has 2 atom stereocenters. The van der Waals surface area contributed by atoms with Gasteiger partial charge in [-0.25, -0.2) is 0 Å². The summed E-state index contributed by atoms with van der Waals surface area (Å²) in [6, 6.07) is 22.1. The van der Waals surface area contributed by atoms with Gasteiger partial charge in [0.25, 0.3) is 0 Å². The van der Waals surface area contributed by atoms with E-state index < -0.39 is 0 Å². The minimum absolute atomic E-state index is 0.167. The highest BCUT2D eigenvalue weighted by molar-refractivity contribution is 5.17. The van der Waals surface area contributed by atoms with Crippen LogP contribution in [0.25, 0.3) is 0 Å². The molecule has 0 bridgehead atoms. The molecule has 0 aliphatic carbocycles. The van der Waals surface area contributed by atoms with Crippen LogP contribution >= 0.6 is 0 Å². The summed E-state index contributed by atoms with van der Waals surface area (Å²) in [6.45, 7) is 12.0. The lowest BCUT2D eigenvalue weighted by Crippen LogP contribution is -2.46. The van der Waals surface area contributed by atoms with E-state index in [-0.39, 0.29) is 12.6 Å². The summed E-state index contributed by atoms with van der Waals surface area (Å²) >= 11 is 0. The maximum atomic E-state index is 9.80. The van der Waals surface area contributed by atoms with Crippen molar-refractivity contribution >= 4 is 0 Å². The molecule has 1 unspecified atom stereocenters. The average Bonchev–Trinajstić information content (AvgIpc) is 2.70. The fraction of sp³-hybridized carbons (Fsp3) is 0.538. The highest BCUT2D eigenvalue weighted by Gasteiger charge is 2.22. The van der Waals surface area contributed by atoms with E-state index in [1.54, 1.807) is 0 Å². The predicted molar refractivity (Wildman–Crippen MR) is 124 cm³/mol. The Morgan fingerprint density at radius 3 is 1.66 bits per heavy atom. The van der Waals surface area contributed by atoms with Crippen LogP contribution in [0.1, 0.15) is 51.7 Å². The lowest BCUT2D eigenvalue weighted by atomic mass is 9.99. The van der Waals surface area contributed by atoms with Gasteiger partial charge in [-0.2, -0.15) is 0 Å². The van der Waals surface area contributed by atoms with Crippen molar-refractivity contribution in [2.24, 2.45) is 11.8 Å². The SMILES string of the molecule is CC(C)CC(CO)NC[C@H](CC(C)C)N(Cc1ccccc1)Cc1ccccc1. The highest BCUT2D eigenvalue weighted by atomic mass is 16.3. The first kappa shape index (κ1) is 23.6. The second-order valence-electron chi connectivity index (χ2n) is 9.08.